The summed E-state index contributed by atoms with van der Waals surface area (Å²) in [6.45, 7) is 5.24. The van der Waals surface area contributed by atoms with E-state index in [1.54, 1.807) is 19.1 Å². The Hall–Kier alpha value is -2.89. The molecule has 3 rings (SSSR count). The zero-order valence-corrected chi connectivity index (χ0v) is 16.9. The second-order valence-electron chi connectivity index (χ2n) is 6.94. The van der Waals surface area contributed by atoms with Crippen molar-refractivity contribution in [2.45, 2.75) is 32.4 Å². The Morgan fingerprint density at radius 2 is 1.82 bits per heavy atom. The molecule has 28 heavy (non-hydrogen) atoms. The Morgan fingerprint density at radius 1 is 1.11 bits per heavy atom. The van der Waals surface area contributed by atoms with Crippen molar-refractivity contribution in [3.05, 3.63) is 53.6 Å². The van der Waals surface area contributed by atoms with Gasteiger partial charge in [-0.15, -0.1) is 0 Å². The first-order valence-electron chi connectivity index (χ1n) is 9.55. The smallest absolute Gasteiger partial charge is 0.318 e. The van der Waals surface area contributed by atoms with Crippen molar-refractivity contribution in [2.75, 3.05) is 27.3 Å². The van der Waals surface area contributed by atoms with E-state index >= 15 is 0 Å². The molecule has 150 valence electrons. The lowest BCUT2D eigenvalue weighted by molar-refractivity contribution is 0.0429. The van der Waals surface area contributed by atoms with Crippen LogP contribution in [-0.2, 0) is 0 Å². The number of nitrogens with one attached hydrogen (secondary N) is 1. The van der Waals surface area contributed by atoms with Crippen LogP contribution in [0, 0.1) is 6.92 Å². The predicted octanol–water partition coefficient (Wildman–Crippen LogP) is 3.94. The van der Waals surface area contributed by atoms with E-state index in [4.69, 9.17) is 14.2 Å². The van der Waals surface area contributed by atoms with Gasteiger partial charge in [0.2, 0.25) is 0 Å². The largest absolute Gasteiger partial charge is 0.493 e. The summed E-state index contributed by atoms with van der Waals surface area (Å²) in [4.78, 5) is 14.4. The molecule has 2 aromatic rings. The third kappa shape index (κ3) is 4.32. The fraction of sp³-hybridized carbons (Fsp3) is 0.409. The van der Waals surface area contributed by atoms with Crippen molar-refractivity contribution < 1.29 is 19.0 Å². The second-order valence-corrected chi connectivity index (χ2v) is 6.94. The maximum absolute atomic E-state index is 12.6. The lowest BCUT2D eigenvalue weighted by Crippen LogP contribution is -2.59. The Labute approximate surface area is 166 Å². The van der Waals surface area contributed by atoms with E-state index in [1.807, 2.05) is 56.3 Å². The van der Waals surface area contributed by atoms with E-state index in [-0.39, 0.29) is 18.2 Å². The fourth-order valence-electron chi connectivity index (χ4n) is 3.28. The zero-order valence-electron chi connectivity index (χ0n) is 16.9. The monoisotopic (exact) mass is 384 g/mol. The molecule has 0 radical (unpaired) electrons. The maximum atomic E-state index is 12.6. The highest BCUT2D eigenvalue weighted by Gasteiger charge is 2.33. The Kier molecular flexibility index (Phi) is 6.29. The topological polar surface area (TPSA) is 60.0 Å². The van der Waals surface area contributed by atoms with E-state index < -0.39 is 0 Å². The molecule has 6 heteroatoms. The summed E-state index contributed by atoms with van der Waals surface area (Å²) >= 11 is 0. The number of methoxy groups -OCH3 is 2. The molecule has 1 atom stereocenters. The quantitative estimate of drug-likeness (QED) is 0.786. The summed E-state index contributed by atoms with van der Waals surface area (Å²) in [5.41, 5.74) is 2.09. The number of nitrogens with zero attached hydrogens (tertiary/aromatic N) is 1. The van der Waals surface area contributed by atoms with Crippen molar-refractivity contribution >= 4 is 6.03 Å². The van der Waals surface area contributed by atoms with Gasteiger partial charge in [-0.3, -0.25) is 0 Å². The minimum atomic E-state index is -0.0938. The first-order chi connectivity index (χ1) is 13.5. The highest BCUT2D eigenvalue weighted by Crippen LogP contribution is 2.31. The molecule has 6 nitrogen and oxygen atoms in total. The van der Waals surface area contributed by atoms with Gasteiger partial charge in [0.05, 0.1) is 33.4 Å². The minimum absolute atomic E-state index is 0.0352. The molecule has 1 fully saturated rings. The van der Waals surface area contributed by atoms with Gasteiger partial charge in [-0.1, -0.05) is 31.2 Å². The normalized spacial score (nSPS) is 14.8. The molecule has 1 N–H and O–H groups in total. The number of amides is 2. The number of rotatable bonds is 7. The van der Waals surface area contributed by atoms with E-state index in [9.17, 15) is 4.79 Å². The molecule has 2 aromatic carbocycles. The van der Waals surface area contributed by atoms with Crippen LogP contribution >= 0.6 is 0 Å². The third-order valence-electron chi connectivity index (χ3n) is 5.04. The van der Waals surface area contributed by atoms with Crippen LogP contribution in [-0.4, -0.2) is 44.3 Å². The number of carbonyl (C=O) groups is 1. The molecule has 1 aliphatic heterocycles. The van der Waals surface area contributed by atoms with E-state index in [0.717, 1.165) is 23.3 Å². The molecule has 1 unspecified atom stereocenters. The van der Waals surface area contributed by atoms with Gasteiger partial charge in [-0.2, -0.15) is 0 Å². The predicted molar refractivity (Wildman–Crippen MR) is 108 cm³/mol. The summed E-state index contributed by atoms with van der Waals surface area (Å²) in [5.74, 6) is 2.21. The van der Waals surface area contributed by atoms with Crippen molar-refractivity contribution in [3.63, 3.8) is 0 Å². The highest BCUT2D eigenvalue weighted by atomic mass is 16.5. The molecule has 0 bridgehead atoms. The summed E-state index contributed by atoms with van der Waals surface area (Å²) in [5, 5.41) is 3.10. The summed E-state index contributed by atoms with van der Waals surface area (Å²) in [6, 6.07) is 13.5. The van der Waals surface area contributed by atoms with Crippen LogP contribution in [0.5, 0.6) is 17.2 Å². The SMILES string of the molecule is CCC(NC(=O)N1CC(Oc2ccccc2C)C1)c1ccc(OC)c(OC)c1. The average molecular weight is 384 g/mol. The molecular formula is C22H28N2O4. The fourth-order valence-corrected chi connectivity index (χ4v) is 3.28. The first-order valence-corrected chi connectivity index (χ1v) is 9.55. The molecule has 0 aliphatic carbocycles. The van der Waals surface area contributed by atoms with Gasteiger partial charge in [0.15, 0.2) is 11.5 Å². The van der Waals surface area contributed by atoms with Crippen molar-refractivity contribution in [1.29, 1.82) is 0 Å². The molecule has 1 aliphatic rings. The summed E-state index contributed by atoms with van der Waals surface area (Å²) < 4.78 is 16.6. The number of ether oxygens (including phenoxy) is 3. The Bertz CT molecular complexity index is 818. The van der Waals surface area contributed by atoms with Crippen molar-refractivity contribution in [3.8, 4) is 17.2 Å². The average Bonchev–Trinajstić information content (AvgIpc) is 2.69. The lowest BCUT2D eigenvalue weighted by atomic mass is 10.0. The molecule has 1 saturated heterocycles. The highest BCUT2D eigenvalue weighted by molar-refractivity contribution is 5.75. The molecule has 0 aromatic heterocycles. The van der Waals surface area contributed by atoms with Crippen molar-refractivity contribution in [2.24, 2.45) is 0 Å². The molecule has 2 amide bonds. The van der Waals surface area contributed by atoms with Gasteiger partial charge >= 0.3 is 6.03 Å². The number of hydrogen-bond acceptors (Lipinski definition) is 4. The van der Waals surface area contributed by atoms with E-state index in [1.165, 1.54) is 0 Å². The number of para-hydroxylation sites is 1. The van der Waals surface area contributed by atoms with Crippen LogP contribution in [0.15, 0.2) is 42.5 Å². The molecule has 1 heterocycles. The number of aryl methyl sites for hydroxylation is 1. The number of urea groups is 1. The summed E-state index contributed by atoms with van der Waals surface area (Å²) in [7, 11) is 3.21. The maximum Gasteiger partial charge on any atom is 0.318 e. The van der Waals surface area contributed by atoms with E-state index in [2.05, 4.69) is 5.32 Å². The third-order valence-corrected chi connectivity index (χ3v) is 5.04. The first kappa shape index (κ1) is 19.9. The van der Waals surface area contributed by atoms with Gasteiger partial charge in [0.25, 0.3) is 0 Å². The number of likely N-dealkylation sites (tertiary alicyclic amines) is 1. The van der Waals surface area contributed by atoms with Gasteiger partial charge in [-0.05, 0) is 42.7 Å². The van der Waals surface area contributed by atoms with Crippen LogP contribution in [0.25, 0.3) is 0 Å². The van der Waals surface area contributed by atoms with Crippen LogP contribution in [0.4, 0.5) is 4.79 Å². The standard InChI is InChI=1S/C22H28N2O4/c1-5-18(16-10-11-20(26-3)21(12-16)27-4)23-22(25)24-13-17(14-24)28-19-9-7-6-8-15(19)2/h6-12,17-18H,5,13-14H2,1-4H3,(H,23,25). The van der Waals surface area contributed by atoms with Crippen LogP contribution in [0.3, 0.4) is 0 Å². The van der Waals surface area contributed by atoms with Gasteiger partial charge in [0.1, 0.15) is 11.9 Å². The number of carbonyl (C=O) groups excluding carboxylic acids is 1. The van der Waals surface area contributed by atoms with E-state index in [0.29, 0.717) is 24.6 Å². The summed E-state index contributed by atoms with van der Waals surface area (Å²) in [6.07, 6.45) is 0.811. The molecular weight excluding hydrogens is 356 g/mol. The van der Waals surface area contributed by atoms with Crippen molar-refractivity contribution in [1.82, 2.24) is 10.2 Å². The lowest BCUT2D eigenvalue weighted by Gasteiger charge is -2.39. The van der Waals surface area contributed by atoms with Crippen LogP contribution in [0.2, 0.25) is 0 Å². The number of hydrogen-bond donors (Lipinski definition) is 1. The van der Waals surface area contributed by atoms with Gasteiger partial charge in [0, 0.05) is 0 Å². The molecule has 0 saturated carbocycles. The van der Waals surface area contributed by atoms with Crippen LogP contribution < -0.4 is 19.5 Å². The zero-order chi connectivity index (χ0) is 20.1. The molecule has 0 spiro atoms. The Balaban J connectivity index is 1.56. The number of benzene rings is 2. The Morgan fingerprint density at radius 3 is 2.46 bits per heavy atom. The van der Waals surface area contributed by atoms with Gasteiger partial charge < -0.3 is 24.4 Å². The van der Waals surface area contributed by atoms with Crippen LogP contribution in [0.1, 0.15) is 30.5 Å². The second kappa shape index (κ2) is 8.87. The van der Waals surface area contributed by atoms with Gasteiger partial charge in [-0.25, -0.2) is 4.79 Å². The minimum Gasteiger partial charge on any atom is -0.493 e.